The van der Waals surface area contributed by atoms with Crippen LogP contribution in [-0.4, -0.2) is 32.0 Å². The molecule has 5 heteroatoms. The lowest BCUT2D eigenvalue weighted by Gasteiger charge is -2.23. The molecular weight excluding hydrogens is 298 g/mol. The highest BCUT2D eigenvalue weighted by atomic mass is 79.9. The Labute approximate surface area is 115 Å². The molecule has 1 heterocycles. The Morgan fingerprint density at radius 2 is 2.17 bits per heavy atom. The highest BCUT2D eigenvalue weighted by Crippen LogP contribution is 2.12. The summed E-state index contributed by atoms with van der Waals surface area (Å²) in [7, 11) is 0. The molecule has 1 N–H and O–H groups in total. The molecule has 2 rings (SSSR count). The lowest BCUT2D eigenvalue weighted by atomic mass is 10.2. The standard InChI is InChI=1S/C13H16BrNO3/c14-11-4-1-3-10(9-11)13(16)15-6-5-12-17-7-2-8-18-12/h1,3-4,9,12H,2,5-8H2,(H,15,16). The van der Waals surface area contributed by atoms with Crippen molar-refractivity contribution in [2.45, 2.75) is 19.1 Å². The first-order valence-corrected chi connectivity index (χ1v) is 6.82. The van der Waals surface area contributed by atoms with E-state index in [9.17, 15) is 4.79 Å². The van der Waals surface area contributed by atoms with Gasteiger partial charge in [-0.3, -0.25) is 4.79 Å². The fourth-order valence-corrected chi connectivity index (χ4v) is 2.14. The summed E-state index contributed by atoms with van der Waals surface area (Å²) in [6.45, 7) is 2.03. The Hall–Kier alpha value is -0.910. The smallest absolute Gasteiger partial charge is 0.251 e. The molecule has 0 aromatic heterocycles. The molecule has 1 aromatic carbocycles. The zero-order chi connectivity index (χ0) is 12.8. The molecule has 1 amide bonds. The molecule has 0 bridgehead atoms. The summed E-state index contributed by atoms with van der Waals surface area (Å²) < 4.78 is 11.7. The fraction of sp³-hybridized carbons (Fsp3) is 0.462. The van der Waals surface area contributed by atoms with Crippen LogP contribution in [0.5, 0.6) is 0 Å². The summed E-state index contributed by atoms with van der Waals surface area (Å²) >= 11 is 3.34. The van der Waals surface area contributed by atoms with Crippen molar-refractivity contribution in [2.24, 2.45) is 0 Å². The van der Waals surface area contributed by atoms with Crippen LogP contribution in [0.2, 0.25) is 0 Å². The van der Waals surface area contributed by atoms with Crippen molar-refractivity contribution in [3.8, 4) is 0 Å². The van der Waals surface area contributed by atoms with Crippen LogP contribution < -0.4 is 5.32 Å². The minimum absolute atomic E-state index is 0.0768. The van der Waals surface area contributed by atoms with Gasteiger partial charge in [0.2, 0.25) is 0 Å². The Morgan fingerprint density at radius 1 is 1.39 bits per heavy atom. The zero-order valence-corrected chi connectivity index (χ0v) is 11.6. The molecule has 0 unspecified atom stereocenters. The average Bonchev–Trinajstić information content (AvgIpc) is 2.40. The molecule has 98 valence electrons. The van der Waals surface area contributed by atoms with Gasteiger partial charge in [-0.25, -0.2) is 0 Å². The number of nitrogens with one attached hydrogen (secondary N) is 1. The van der Waals surface area contributed by atoms with Crippen LogP contribution in [0, 0.1) is 0 Å². The summed E-state index contributed by atoms with van der Waals surface area (Å²) in [5.41, 5.74) is 0.648. The molecule has 0 atom stereocenters. The highest BCUT2D eigenvalue weighted by molar-refractivity contribution is 9.10. The number of hydrogen-bond donors (Lipinski definition) is 1. The van der Waals surface area contributed by atoms with Crippen molar-refractivity contribution in [3.63, 3.8) is 0 Å². The second kappa shape index (κ2) is 6.87. The molecular formula is C13H16BrNO3. The summed E-state index contributed by atoms with van der Waals surface area (Å²) in [5.74, 6) is -0.0768. The lowest BCUT2D eigenvalue weighted by molar-refractivity contribution is -0.180. The van der Waals surface area contributed by atoms with E-state index in [0.29, 0.717) is 18.5 Å². The zero-order valence-electron chi connectivity index (χ0n) is 10.0. The minimum atomic E-state index is -0.179. The lowest BCUT2D eigenvalue weighted by Crippen LogP contribution is -2.31. The van der Waals surface area contributed by atoms with Gasteiger partial charge in [0.25, 0.3) is 5.91 Å². The van der Waals surface area contributed by atoms with E-state index in [1.807, 2.05) is 12.1 Å². The second-order valence-corrected chi connectivity index (χ2v) is 5.00. The molecule has 0 aliphatic carbocycles. The first kappa shape index (κ1) is 13.5. The van der Waals surface area contributed by atoms with E-state index in [0.717, 1.165) is 24.1 Å². The van der Waals surface area contributed by atoms with E-state index in [2.05, 4.69) is 21.2 Å². The van der Waals surface area contributed by atoms with Crippen molar-refractivity contribution < 1.29 is 14.3 Å². The molecule has 0 radical (unpaired) electrons. The number of carbonyl (C=O) groups is 1. The predicted octanol–water partition coefficient (Wildman–Crippen LogP) is 2.33. The summed E-state index contributed by atoms with van der Waals surface area (Å²) in [6, 6.07) is 7.31. The van der Waals surface area contributed by atoms with Gasteiger partial charge in [0.15, 0.2) is 6.29 Å². The maximum absolute atomic E-state index is 11.8. The third-order valence-corrected chi connectivity index (χ3v) is 3.14. The number of hydrogen-bond acceptors (Lipinski definition) is 3. The summed E-state index contributed by atoms with van der Waals surface area (Å²) in [5, 5.41) is 2.85. The number of benzene rings is 1. The van der Waals surface area contributed by atoms with Gasteiger partial charge in [-0.2, -0.15) is 0 Å². The van der Waals surface area contributed by atoms with E-state index >= 15 is 0 Å². The summed E-state index contributed by atoms with van der Waals surface area (Å²) in [4.78, 5) is 11.8. The van der Waals surface area contributed by atoms with Crippen LogP contribution in [0.1, 0.15) is 23.2 Å². The first-order valence-electron chi connectivity index (χ1n) is 6.03. The topological polar surface area (TPSA) is 47.6 Å². The number of ether oxygens (including phenoxy) is 2. The maximum atomic E-state index is 11.8. The third kappa shape index (κ3) is 4.08. The van der Waals surface area contributed by atoms with E-state index < -0.39 is 0 Å². The van der Waals surface area contributed by atoms with E-state index in [1.165, 1.54) is 0 Å². The van der Waals surface area contributed by atoms with Crippen molar-refractivity contribution in [2.75, 3.05) is 19.8 Å². The highest BCUT2D eigenvalue weighted by Gasteiger charge is 2.14. The predicted molar refractivity (Wildman–Crippen MR) is 71.4 cm³/mol. The van der Waals surface area contributed by atoms with E-state index in [1.54, 1.807) is 12.1 Å². The molecule has 18 heavy (non-hydrogen) atoms. The van der Waals surface area contributed by atoms with Crippen molar-refractivity contribution in [3.05, 3.63) is 34.3 Å². The van der Waals surface area contributed by atoms with Gasteiger partial charge in [0.1, 0.15) is 0 Å². The molecule has 4 nitrogen and oxygen atoms in total. The summed E-state index contributed by atoms with van der Waals surface area (Å²) in [6.07, 6.45) is 1.45. The molecule has 0 saturated carbocycles. The van der Waals surface area contributed by atoms with Crippen LogP contribution >= 0.6 is 15.9 Å². The Kier molecular flexibility index (Phi) is 5.16. The Morgan fingerprint density at radius 3 is 2.89 bits per heavy atom. The Balaban J connectivity index is 1.74. The molecule has 1 fully saturated rings. The van der Waals surface area contributed by atoms with E-state index in [4.69, 9.17) is 9.47 Å². The third-order valence-electron chi connectivity index (χ3n) is 2.65. The molecule has 1 saturated heterocycles. The first-order chi connectivity index (χ1) is 8.75. The number of halogens is 1. The largest absolute Gasteiger partial charge is 0.353 e. The van der Waals surface area contributed by atoms with E-state index in [-0.39, 0.29) is 12.2 Å². The molecule has 1 aliphatic rings. The van der Waals surface area contributed by atoms with Crippen LogP contribution in [0.15, 0.2) is 28.7 Å². The van der Waals surface area contributed by atoms with Crippen LogP contribution in [0.4, 0.5) is 0 Å². The fourth-order valence-electron chi connectivity index (χ4n) is 1.74. The minimum Gasteiger partial charge on any atom is -0.353 e. The average molecular weight is 314 g/mol. The molecule has 1 aromatic rings. The maximum Gasteiger partial charge on any atom is 0.251 e. The number of rotatable bonds is 4. The van der Waals surface area contributed by atoms with Crippen molar-refractivity contribution in [1.82, 2.24) is 5.32 Å². The second-order valence-electron chi connectivity index (χ2n) is 4.08. The normalized spacial score (nSPS) is 16.5. The number of amides is 1. The van der Waals surface area contributed by atoms with Crippen molar-refractivity contribution >= 4 is 21.8 Å². The molecule has 1 aliphatic heterocycles. The molecule has 0 spiro atoms. The quantitative estimate of drug-likeness (QED) is 0.928. The number of carbonyl (C=O) groups excluding carboxylic acids is 1. The van der Waals surface area contributed by atoms with Crippen molar-refractivity contribution in [1.29, 1.82) is 0 Å². The van der Waals surface area contributed by atoms with Crippen LogP contribution in [-0.2, 0) is 9.47 Å². The monoisotopic (exact) mass is 313 g/mol. The van der Waals surface area contributed by atoms with Gasteiger partial charge >= 0.3 is 0 Å². The van der Waals surface area contributed by atoms with Gasteiger partial charge < -0.3 is 14.8 Å². The van der Waals surface area contributed by atoms with Gasteiger partial charge in [-0.05, 0) is 24.6 Å². The Bertz CT molecular complexity index is 405. The van der Waals surface area contributed by atoms with Gasteiger partial charge in [-0.15, -0.1) is 0 Å². The van der Waals surface area contributed by atoms with Crippen LogP contribution in [0.3, 0.4) is 0 Å². The SMILES string of the molecule is O=C(NCCC1OCCCO1)c1cccc(Br)c1. The van der Waals surface area contributed by atoms with Gasteiger partial charge in [0.05, 0.1) is 13.2 Å². The van der Waals surface area contributed by atoms with Gasteiger partial charge in [0, 0.05) is 23.0 Å². The van der Waals surface area contributed by atoms with Gasteiger partial charge in [-0.1, -0.05) is 22.0 Å². The van der Waals surface area contributed by atoms with Crippen LogP contribution in [0.25, 0.3) is 0 Å².